The van der Waals surface area contributed by atoms with Crippen LogP contribution in [0.3, 0.4) is 0 Å². The first-order valence-electron chi connectivity index (χ1n) is 10.8. The summed E-state index contributed by atoms with van der Waals surface area (Å²) in [6.07, 6.45) is 5.59. The highest BCUT2D eigenvalue weighted by molar-refractivity contribution is 6.33. The quantitative estimate of drug-likeness (QED) is 0.709. The lowest BCUT2D eigenvalue weighted by Crippen LogP contribution is -2.65. The number of nitrogens with one attached hydrogen (secondary N) is 1. The molecule has 4 aliphatic rings. The van der Waals surface area contributed by atoms with Crippen molar-refractivity contribution in [2.75, 3.05) is 19.5 Å². The second kappa shape index (κ2) is 7.69. The number of halogens is 1. The van der Waals surface area contributed by atoms with E-state index in [-0.39, 0.29) is 10.9 Å². The van der Waals surface area contributed by atoms with Gasteiger partial charge in [0.25, 0.3) is 5.56 Å². The van der Waals surface area contributed by atoms with Crippen molar-refractivity contribution in [1.82, 2.24) is 9.78 Å². The van der Waals surface area contributed by atoms with Gasteiger partial charge in [0, 0.05) is 18.0 Å². The average Bonchev–Trinajstić information content (AvgIpc) is 2.75. The Labute approximate surface area is 190 Å². The molecule has 4 fully saturated rings. The zero-order valence-corrected chi connectivity index (χ0v) is 18.7. The smallest absolute Gasteiger partial charge is 0.288 e. The molecule has 1 heterocycles. The van der Waals surface area contributed by atoms with Crippen molar-refractivity contribution in [3.63, 3.8) is 0 Å². The summed E-state index contributed by atoms with van der Waals surface area (Å²) in [5.41, 5.74) is -0.489. The summed E-state index contributed by atoms with van der Waals surface area (Å²) in [6.45, 7) is 0. The zero-order valence-electron chi connectivity index (χ0n) is 18.0. The molecule has 170 valence electrons. The molecule has 0 aliphatic heterocycles. The maximum atomic E-state index is 13.4. The normalized spacial score (nSPS) is 30.2. The summed E-state index contributed by atoms with van der Waals surface area (Å²) in [4.78, 5) is 25.6. The van der Waals surface area contributed by atoms with Crippen LogP contribution in [0.2, 0.25) is 5.02 Å². The number of anilines is 2. The van der Waals surface area contributed by atoms with E-state index in [4.69, 9.17) is 21.1 Å². The Morgan fingerprint density at radius 3 is 2.53 bits per heavy atom. The lowest BCUT2D eigenvalue weighted by atomic mass is 9.48. The van der Waals surface area contributed by atoms with E-state index in [2.05, 4.69) is 10.4 Å². The Morgan fingerprint density at radius 1 is 1.19 bits per heavy atom. The highest BCUT2D eigenvalue weighted by Gasteiger charge is 2.59. The number of aromatic nitrogens is 2. The maximum absolute atomic E-state index is 13.4. The Hall–Kier alpha value is -2.74. The van der Waals surface area contributed by atoms with Gasteiger partial charge in [0.15, 0.2) is 0 Å². The van der Waals surface area contributed by atoms with Crippen molar-refractivity contribution in [3.05, 3.63) is 39.8 Å². The first-order valence-corrected chi connectivity index (χ1v) is 11.2. The van der Waals surface area contributed by atoms with Crippen LogP contribution in [0.15, 0.2) is 29.2 Å². The van der Waals surface area contributed by atoms with Crippen LogP contribution in [0.4, 0.5) is 11.4 Å². The lowest BCUT2D eigenvalue weighted by Gasteiger charge is -2.61. The summed E-state index contributed by atoms with van der Waals surface area (Å²) in [5.74, 6) is 0.178. The first-order chi connectivity index (χ1) is 15.4. The van der Waals surface area contributed by atoms with Crippen LogP contribution in [0.1, 0.15) is 32.1 Å². The van der Waals surface area contributed by atoms with E-state index in [9.17, 15) is 14.7 Å². The number of benzene rings is 1. The van der Waals surface area contributed by atoms with Gasteiger partial charge in [-0.05, 0) is 62.0 Å². The monoisotopic (exact) mass is 458 g/mol. The van der Waals surface area contributed by atoms with Gasteiger partial charge in [0.05, 0.1) is 37.3 Å². The van der Waals surface area contributed by atoms with E-state index >= 15 is 0 Å². The van der Waals surface area contributed by atoms with Gasteiger partial charge in [0.2, 0.25) is 0 Å². The van der Waals surface area contributed by atoms with Gasteiger partial charge in [-0.1, -0.05) is 11.6 Å². The van der Waals surface area contributed by atoms with Crippen molar-refractivity contribution in [3.8, 4) is 11.5 Å². The lowest BCUT2D eigenvalue weighted by molar-refractivity contribution is -0.323. The van der Waals surface area contributed by atoms with Gasteiger partial charge in [-0.25, -0.2) is 4.68 Å². The van der Waals surface area contributed by atoms with Gasteiger partial charge in [-0.15, -0.1) is 0 Å². The molecular weight excluding hydrogens is 434 g/mol. The number of carboxylic acids is 1. The Balaban J connectivity index is 1.55. The molecule has 1 aromatic heterocycles. The van der Waals surface area contributed by atoms with Gasteiger partial charge in [0.1, 0.15) is 16.5 Å². The predicted molar refractivity (Wildman–Crippen MR) is 116 cm³/mol. The van der Waals surface area contributed by atoms with Crippen molar-refractivity contribution < 1.29 is 19.4 Å². The number of carboxylic acid groups (broad SMARTS) is 1. The molecule has 6 rings (SSSR count). The molecule has 8 nitrogen and oxygen atoms in total. The molecule has 4 bridgehead atoms. The number of methoxy groups -OCH3 is 2. The van der Waals surface area contributed by atoms with Gasteiger partial charge in [-0.3, -0.25) is 4.79 Å². The van der Waals surface area contributed by atoms with Crippen LogP contribution in [-0.4, -0.2) is 30.0 Å². The van der Waals surface area contributed by atoms with Crippen LogP contribution in [0.5, 0.6) is 11.5 Å². The van der Waals surface area contributed by atoms with Crippen molar-refractivity contribution in [2.24, 2.45) is 23.7 Å². The molecule has 0 amide bonds. The van der Waals surface area contributed by atoms with E-state index in [1.807, 2.05) is 0 Å². The summed E-state index contributed by atoms with van der Waals surface area (Å²) in [7, 11) is 3.10. The number of rotatable bonds is 6. The molecule has 32 heavy (non-hydrogen) atoms. The number of aliphatic carboxylic acids is 1. The molecule has 5 atom stereocenters. The van der Waals surface area contributed by atoms with E-state index < -0.39 is 23.0 Å². The highest BCUT2D eigenvalue weighted by atomic mass is 35.5. The molecule has 0 spiro atoms. The average molecular weight is 459 g/mol. The van der Waals surface area contributed by atoms with Crippen LogP contribution >= 0.6 is 11.6 Å². The predicted octanol–water partition coefficient (Wildman–Crippen LogP) is 2.56. The minimum Gasteiger partial charge on any atom is -0.550 e. The van der Waals surface area contributed by atoms with Crippen molar-refractivity contribution in [1.29, 1.82) is 0 Å². The molecule has 0 radical (unpaired) electrons. The van der Waals surface area contributed by atoms with Crippen LogP contribution in [0, 0.1) is 23.7 Å². The van der Waals surface area contributed by atoms with Crippen LogP contribution in [0.25, 0.3) is 0 Å². The summed E-state index contributed by atoms with van der Waals surface area (Å²) in [6, 6.07) is 5.23. The number of carbonyl (C=O) groups is 1. The Morgan fingerprint density at radius 2 is 1.91 bits per heavy atom. The number of nitrogens with zero attached hydrogens (tertiary/aromatic N) is 2. The SMILES string of the molecule is COc1ccc(OC)c(Nc2cnn(C34C[C@@H]5CC(C[C@@H](C5)C3)[C@@H]4C(=O)[O-])c(=O)c2Cl)c1. The van der Waals surface area contributed by atoms with E-state index in [1.54, 1.807) is 25.3 Å². The van der Waals surface area contributed by atoms with E-state index in [0.717, 1.165) is 19.3 Å². The Kier molecular flexibility index (Phi) is 5.08. The topological polar surface area (TPSA) is 106 Å². The molecule has 2 unspecified atom stereocenters. The number of carbonyl (C=O) groups excluding carboxylic acids is 1. The molecule has 0 saturated heterocycles. The van der Waals surface area contributed by atoms with Gasteiger partial charge < -0.3 is 24.7 Å². The van der Waals surface area contributed by atoms with Crippen LogP contribution < -0.4 is 25.5 Å². The fourth-order valence-corrected chi connectivity index (χ4v) is 6.78. The molecule has 4 saturated carbocycles. The van der Waals surface area contributed by atoms with Gasteiger partial charge in [-0.2, -0.15) is 5.10 Å². The highest BCUT2D eigenvalue weighted by Crippen LogP contribution is 2.61. The third-order valence-electron chi connectivity index (χ3n) is 7.54. The Bertz CT molecular complexity index is 1120. The summed E-state index contributed by atoms with van der Waals surface area (Å²) in [5, 5.41) is 19.7. The van der Waals surface area contributed by atoms with Crippen molar-refractivity contribution in [2.45, 2.75) is 37.6 Å². The zero-order chi connectivity index (χ0) is 22.6. The number of ether oxygens (including phenoxy) is 2. The largest absolute Gasteiger partial charge is 0.550 e. The minimum absolute atomic E-state index is 0.0255. The summed E-state index contributed by atoms with van der Waals surface area (Å²) >= 11 is 6.51. The third kappa shape index (κ3) is 3.15. The van der Waals surface area contributed by atoms with E-state index in [1.165, 1.54) is 18.0 Å². The fourth-order valence-electron chi connectivity index (χ4n) is 6.61. The summed E-state index contributed by atoms with van der Waals surface area (Å²) < 4.78 is 12.0. The molecular formula is C23H25ClN3O5-. The molecule has 2 aromatic rings. The first kappa shape index (κ1) is 21.1. The molecule has 4 aliphatic carbocycles. The number of hydrogen-bond donors (Lipinski definition) is 1. The molecule has 9 heteroatoms. The molecule has 1 N–H and O–H groups in total. The fraction of sp³-hybridized carbons (Fsp3) is 0.522. The van der Waals surface area contributed by atoms with E-state index in [0.29, 0.717) is 47.6 Å². The van der Waals surface area contributed by atoms with Crippen molar-refractivity contribution >= 4 is 28.9 Å². The number of hydrogen-bond acceptors (Lipinski definition) is 7. The second-order valence-corrected chi connectivity index (χ2v) is 9.67. The maximum Gasteiger partial charge on any atom is 0.288 e. The minimum atomic E-state index is -1.10. The second-order valence-electron chi connectivity index (χ2n) is 9.29. The third-order valence-corrected chi connectivity index (χ3v) is 7.91. The molecule has 1 aromatic carbocycles. The van der Waals surface area contributed by atoms with Gasteiger partial charge >= 0.3 is 0 Å². The standard InChI is InChI=1S/C23H26ClN3O5/c1-31-15-3-4-18(32-2)16(8-15)26-17-11-25-27(21(28)20(17)24)23-9-12-5-13(10-23)7-14(6-12)19(23)22(29)30/h3-4,8,11-14,19,26H,5-7,9-10H2,1-2H3,(H,29,30)/p-1/t12-,13+,14?,19-,23?/m1/s1. The van der Waals surface area contributed by atoms with Crippen LogP contribution in [-0.2, 0) is 10.3 Å².